The quantitative estimate of drug-likeness (QED) is 0.464. The largest absolute Gasteiger partial charge is 0.422 e. The Balaban J connectivity index is 2.27. The molecular formula is C18H21NO5S. The van der Waals surface area contributed by atoms with Gasteiger partial charge in [0.2, 0.25) is 0 Å². The van der Waals surface area contributed by atoms with Crippen molar-refractivity contribution in [1.82, 2.24) is 4.47 Å². The van der Waals surface area contributed by atoms with Crippen LogP contribution < -0.4 is 4.74 Å². The van der Waals surface area contributed by atoms with Crippen molar-refractivity contribution >= 4 is 16.0 Å². The maximum atomic E-state index is 12.4. The molecule has 0 N–H and O–H groups in total. The van der Waals surface area contributed by atoms with Gasteiger partial charge in [0.1, 0.15) is 5.75 Å². The van der Waals surface area contributed by atoms with Crippen LogP contribution in [0.15, 0.2) is 41.3 Å². The van der Waals surface area contributed by atoms with Crippen LogP contribution in [0.1, 0.15) is 27.0 Å². The highest BCUT2D eigenvalue weighted by Gasteiger charge is 2.21. The van der Waals surface area contributed by atoms with Crippen LogP contribution in [-0.2, 0) is 14.9 Å². The lowest BCUT2D eigenvalue weighted by molar-refractivity contribution is -0.0258. The molecule has 0 heterocycles. The molecule has 0 aliphatic rings. The number of sulfonamides is 1. The Labute approximate surface area is 148 Å². The number of nitrogens with zero attached hydrogens (tertiary/aromatic N) is 1. The van der Waals surface area contributed by atoms with E-state index in [0.717, 1.165) is 21.2 Å². The van der Waals surface area contributed by atoms with Crippen molar-refractivity contribution in [3.63, 3.8) is 0 Å². The van der Waals surface area contributed by atoms with Crippen molar-refractivity contribution in [3.8, 4) is 5.75 Å². The number of ether oxygens (including phenoxy) is 1. The molecule has 0 fully saturated rings. The van der Waals surface area contributed by atoms with E-state index in [1.54, 1.807) is 0 Å². The monoisotopic (exact) mass is 363 g/mol. The summed E-state index contributed by atoms with van der Waals surface area (Å²) in [5, 5.41) is 0. The Morgan fingerprint density at radius 2 is 1.52 bits per heavy atom. The van der Waals surface area contributed by atoms with Crippen LogP contribution in [0.4, 0.5) is 0 Å². The van der Waals surface area contributed by atoms with Gasteiger partial charge in [-0.2, -0.15) is 0 Å². The van der Waals surface area contributed by atoms with E-state index < -0.39 is 16.0 Å². The molecule has 0 aliphatic carbocycles. The molecule has 2 rings (SSSR count). The third kappa shape index (κ3) is 3.89. The van der Waals surface area contributed by atoms with Gasteiger partial charge in [0, 0.05) is 7.05 Å². The number of hydrogen-bond donors (Lipinski definition) is 0. The second-order valence-electron chi connectivity index (χ2n) is 5.66. The van der Waals surface area contributed by atoms with Crippen LogP contribution in [0.2, 0.25) is 0 Å². The second-order valence-corrected chi connectivity index (χ2v) is 7.60. The van der Waals surface area contributed by atoms with Crippen molar-refractivity contribution in [1.29, 1.82) is 0 Å². The molecule has 0 spiro atoms. The van der Waals surface area contributed by atoms with E-state index in [2.05, 4.69) is 0 Å². The number of aryl methyl sites for hydroxylation is 2. The van der Waals surface area contributed by atoms with Gasteiger partial charge < -0.3 is 4.74 Å². The lowest BCUT2D eigenvalue weighted by atomic mass is 10.1. The average molecular weight is 363 g/mol. The molecular weight excluding hydrogens is 342 g/mol. The van der Waals surface area contributed by atoms with Crippen LogP contribution in [-0.4, -0.2) is 33.0 Å². The summed E-state index contributed by atoms with van der Waals surface area (Å²) in [5.41, 5.74) is 3.04. The molecule has 0 unspecified atom stereocenters. The van der Waals surface area contributed by atoms with Crippen molar-refractivity contribution in [2.45, 2.75) is 25.7 Å². The molecule has 0 amide bonds. The van der Waals surface area contributed by atoms with E-state index in [9.17, 15) is 13.2 Å². The molecule has 2 aromatic carbocycles. The Morgan fingerprint density at radius 3 is 2.08 bits per heavy atom. The first-order valence-corrected chi connectivity index (χ1v) is 9.04. The van der Waals surface area contributed by atoms with Crippen LogP contribution in [0.5, 0.6) is 5.75 Å². The van der Waals surface area contributed by atoms with Crippen LogP contribution in [0, 0.1) is 20.8 Å². The van der Waals surface area contributed by atoms with Gasteiger partial charge in [-0.05, 0) is 61.7 Å². The zero-order chi connectivity index (χ0) is 18.8. The van der Waals surface area contributed by atoms with Gasteiger partial charge in [-0.15, -0.1) is 0 Å². The smallest absolute Gasteiger partial charge is 0.343 e. The number of carbonyl (C=O) groups excluding carboxylic acids is 1. The molecule has 25 heavy (non-hydrogen) atoms. The van der Waals surface area contributed by atoms with E-state index in [1.165, 1.54) is 38.4 Å². The molecule has 6 nitrogen and oxygen atoms in total. The first-order valence-electron chi connectivity index (χ1n) is 7.60. The van der Waals surface area contributed by atoms with Gasteiger partial charge in [0.05, 0.1) is 17.6 Å². The maximum absolute atomic E-state index is 12.4. The van der Waals surface area contributed by atoms with Crippen molar-refractivity contribution < 1.29 is 22.8 Å². The Kier molecular flexibility index (Phi) is 5.62. The second kappa shape index (κ2) is 7.35. The zero-order valence-electron chi connectivity index (χ0n) is 14.9. The lowest BCUT2D eigenvalue weighted by Crippen LogP contribution is -2.25. The van der Waals surface area contributed by atoms with Gasteiger partial charge in [-0.1, -0.05) is 16.6 Å². The van der Waals surface area contributed by atoms with E-state index in [1.807, 2.05) is 32.9 Å². The third-order valence-corrected chi connectivity index (χ3v) is 5.75. The van der Waals surface area contributed by atoms with Gasteiger partial charge in [-0.25, -0.2) is 13.2 Å². The third-order valence-electron chi connectivity index (χ3n) is 4.05. The molecule has 2 aromatic rings. The maximum Gasteiger partial charge on any atom is 0.343 e. The molecule has 0 atom stereocenters. The topological polar surface area (TPSA) is 72.9 Å². The predicted molar refractivity (Wildman–Crippen MR) is 94.0 cm³/mol. The number of carbonyl (C=O) groups is 1. The van der Waals surface area contributed by atoms with E-state index >= 15 is 0 Å². The molecule has 0 radical (unpaired) electrons. The van der Waals surface area contributed by atoms with Crippen molar-refractivity contribution in [3.05, 3.63) is 58.7 Å². The minimum Gasteiger partial charge on any atom is -0.422 e. The van der Waals surface area contributed by atoms with Gasteiger partial charge in [-0.3, -0.25) is 4.84 Å². The van der Waals surface area contributed by atoms with E-state index in [0.29, 0.717) is 5.75 Å². The Hall–Kier alpha value is -2.22. The number of esters is 1. The summed E-state index contributed by atoms with van der Waals surface area (Å²) in [6, 6.07) is 9.38. The minimum absolute atomic E-state index is 0.0244. The molecule has 134 valence electrons. The normalized spacial score (nSPS) is 11.6. The SMILES string of the molecule is CON(C)S(=O)(=O)c1ccc(C(=O)Oc2c(C)ccc(C)c2C)cc1. The number of rotatable bonds is 5. The summed E-state index contributed by atoms with van der Waals surface area (Å²) >= 11 is 0. The zero-order valence-corrected chi connectivity index (χ0v) is 15.7. The number of benzene rings is 2. The number of hydroxylamine groups is 1. The van der Waals surface area contributed by atoms with E-state index in [-0.39, 0.29) is 10.5 Å². The first-order chi connectivity index (χ1) is 11.7. The molecule has 0 saturated heterocycles. The summed E-state index contributed by atoms with van der Waals surface area (Å²) in [7, 11) is -1.20. The average Bonchev–Trinajstić information content (AvgIpc) is 2.61. The van der Waals surface area contributed by atoms with Crippen LogP contribution in [0.3, 0.4) is 0 Å². The minimum atomic E-state index is -3.75. The fourth-order valence-electron chi connectivity index (χ4n) is 2.24. The Bertz CT molecular complexity index is 888. The lowest BCUT2D eigenvalue weighted by Gasteiger charge is -2.15. The van der Waals surface area contributed by atoms with Crippen LogP contribution >= 0.6 is 0 Å². The highest BCUT2D eigenvalue weighted by Crippen LogP contribution is 2.26. The van der Waals surface area contributed by atoms with Crippen LogP contribution in [0.25, 0.3) is 0 Å². The summed E-state index contributed by atoms with van der Waals surface area (Å²) in [6.07, 6.45) is 0. The standard InChI is InChI=1S/C18H21NO5S/c1-12-6-7-13(2)17(14(12)3)24-18(20)15-8-10-16(11-9-15)25(21,22)19(4)23-5/h6-11H,1-5H3. The first kappa shape index (κ1) is 19.1. The van der Waals surface area contributed by atoms with Gasteiger partial charge in [0.15, 0.2) is 0 Å². The molecule has 7 heteroatoms. The summed E-state index contributed by atoms with van der Waals surface area (Å²) in [4.78, 5) is 17.1. The predicted octanol–water partition coefficient (Wildman–Crippen LogP) is 3.01. The van der Waals surface area contributed by atoms with E-state index in [4.69, 9.17) is 9.57 Å². The molecule has 0 aromatic heterocycles. The van der Waals surface area contributed by atoms with Crippen molar-refractivity contribution in [2.75, 3.05) is 14.2 Å². The Morgan fingerprint density at radius 1 is 0.960 bits per heavy atom. The highest BCUT2D eigenvalue weighted by atomic mass is 32.2. The van der Waals surface area contributed by atoms with Gasteiger partial charge in [0.25, 0.3) is 10.0 Å². The summed E-state index contributed by atoms with van der Waals surface area (Å²) in [6.45, 7) is 5.70. The summed E-state index contributed by atoms with van der Waals surface area (Å²) < 4.78 is 30.6. The number of hydrogen-bond acceptors (Lipinski definition) is 5. The van der Waals surface area contributed by atoms with Gasteiger partial charge >= 0.3 is 5.97 Å². The molecule has 0 saturated carbocycles. The molecule has 0 aliphatic heterocycles. The summed E-state index contributed by atoms with van der Waals surface area (Å²) in [5.74, 6) is -0.0124. The van der Waals surface area contributed by atoms with Crippen molar-refractivity contribution in [2.24, 2.45) is 0 Å². The highest BCUT2D eigenvalue weighted by molar-refractivity contribution is 7.89. The molecule has 0 bridgehead atoms. The fourth-order valence-corrected chi connectivity index (χ4v) is 3.22. The fraction of sp³-hybridized carbons (Fsp3) is 0.278.